The first-order valence-corrected chi connectivity index (χ1v) is 11.9. The Balaban J connectivity index is 2.62. The van der Waals surface area contributed by atoms with Crippen molar-refractivity contribution in [3.63, 3.8) is 0 Å². The van der Waals surface area contributed by atoms with Gasteiger partial charge in [0.2, 0.25) is 0 Å². The Morgan fingerprint density at radius 2 is 0.846 bits per heavy atom. The summed E-state index contributed by atoms with van der Waals surface area (Å²) in [5.41, 5.74) is 5.07. The lowest BCUT2D eigenvalue weighted by molar-refractivity contribution is 0.616. The smallest absolute Gasteiger partial charge is 0.0273 e. The molecule has 0 atom stereocenters. The fourth-order valence-electron chi connectivity index (χ4n) is 4.04. The van der Waals surface area contributed by atoms with Gasteiger partial charge in [-0.25, -0.2) is 0 Å². The molecule has 0 saturated heterocycles. The van der Waals surface area contributed by atoms with Crippen LogP contribution in [0.15, 0.2) is 18.2 Å². The van der Waals surface area contributed by atoms with E-state index >= 15 is 0 Å². The Morgan fingerprint density at radius 1 is 0.462 bits per heavy atom. The maximum absolute atomic E-state index is 2.43. The molecular weight excluding hydrogens is 312 g/mol. The van der Waals surface area contributed by atoms with Crippen molar-refractivity contribution in [1.82, 2.24) is 0 Å². The Hall–Kier alpha value is -0.780. The highest BCUT2D eigenvalue weighted by molar-refractivity contribution is 5.36. The Bertz CT molecular complexity index is 432. The van der Waals surface area contributed by atoms with Gasteiger partial charge >= 0.3 is 0 Å². The van der Waals surface area contributed by atoms with Crippen LogP contribution in [0.4, 0.5) is 0 Å². The lowest BCUT2D eigenvalue weighted by atomic mass is 9.90. The van der Waals surface area contributed by atoms with E-state index in [1.807, 2.05) is 0 Å². The molecule has 0 N–H and O–H groups in total. The molecule has 1 aromatic rings. The topological polar surface area (TPSA) is 0 Å². The quantitative estimate of drug-likeness (QED) is 0.244. The largest absolute Gasteiger partial charge is 0.0654 e. The minimum atomic E-state index is 1.30. The average Bonchev–Trinajstić information content (AvgIpc) is 2.66. The van der Waals surface area contributed by atoms with E-state index in [0.717, 1.165) is 0 Å². The SMILES string of the molecule is CCCCCCCc1cccc(CCCCCC)c1CCCCCCC. The van der Waals surface area contributed by atoms with Gasteiger partial charge in [-0.3, -0.25) is 0 Å². The third-order valence-electron chi connectivity index (χ3n) is 5.75. The highest BCUT2D eigenvalue weighted by atomic mass is 14.1. The predicted molar refractivity (Wildman–Crippen MR) is 119 cm³/mol. The van der Waals surface area contributed by atoms with E-state index in [2.05, 4.69) is 39.0 Å². The second kappa shape index (κ2) is 16.4. The molecular formula is C26H46. The molecule has 0 heterocycles. The molecule has 0 unspecified atom stereocenters. The van der Waals surface area contributed by atoms with Gasteiger partial charge in [0.15, 0.2) is 0 Å². The number of benzene rings is 1. The van der Waals surface area contributed by atoms with E-state index in [1.54, 1.807) is 16.7 Å². The predicted octanol–water partition coefficient (Wildman–Crippen LogP) is 8.84. The zero-order chi connectivity index (χ0) is 18.9. The average molecular weight is 359 g/mol. The molecule has 0 aliphatic rings. The van der Waals surface area contributed by atoms with Gasteiger partial charge in [-0.05, 0) is 55.2 Å². The molecule has 0 aromatic heterocycles. The highest BCUT2D eigenvalue weighted by Crippen LogP contribution is 2.23. The van der Waals surface area contributed by atoms with Crippen molar-refractivity contribution in [1.29, 1.82) is 0 Å². The minimum absolute atomic E-state index is 1.30. The molecule has 0 radical (unpaired) electrons. The number of hydrogen-bond acceptors (Lipinski definition) is 0. The monoisotopic (exact) mass is 358 g/mol. The van der Waals surface area contributed by atoms with Crippen LogP contribution in [0.1, 0.15) is 127 Å². The fourth-order valence-corrected chi connectivity index (χ4v) is 4.04. The van der Waals surface area contributed by atoms with E-state index in [4.69, 9.17) is 0 Å². The molecule has 0 bridgehead atoms. The van der Waals surface area contributed by atoms with Crippen LogP contribution >= 0.6 is 0 Å². The summed E-state index contributed by atoms with van der Waals surface area (Å²) < 4.78 is 0. The molecule has 0 nitrogen and oxygen atoms in total. The van der Waals surface area contributed by atoms with Crippen LogP contribution in [0.2, 0.25) is 0 Å². The van der Waals surface area contributed by atoms with Gasteiger partial charge in [0, 0.05) is 0 Å². The van der Waals surface area contributed by atoms with Gasteiger partial charge in [-0.1, -0.05) is 110 Å². The molecule has 0 aliphatic heterocycles. The molecule has 0 fully saturated rings. The summed E-state index contributed by atoms with van der Waals surface area (Å²) in [7, 11) is 0. The third kappa shape index (κ3) is 10.4. The van der Waals surface area contributed by atoms with Crippen molar-refractivity contribution in [2.45, 2.75) is 130 Å². The molecule has 0 amide bonds. The highest BCUT2D eigenvalue weighted by Gasteiger charge is 2.08. The normalized spacial score (nSPS) is 11.2. The molecule has 0 saturated carbocycles. The minimum Gasteiger partial charge on any atom is -0.0654 e. The Morgan fingerprint density at radius 3 is 1.31 bits per heavy atom. The summed E-state index contributed by atoms with van der Waals surface area (Å²) in [4.78, 5) is 0. The first kappa shape index (κ1) is 23.3. The van der Waals surface area contributed by atoms with E-state index in [1.165, 1.54) is 109 Å². The maximum Gasteiger partial charge on any atom is -0.0273 e. The van der Waals surface area contributed by atoms with Crippen LogP contribution in [0.5, 0.6) is 0 Å². The van der Waals surface area contributed by atoms with Crippen molar-refractivity contribution in [3.05, 3.63) is 34.9 Å². The van der Waals surface area contributed by atoms with Gasteiger partial charge in [0.05, 0.1) is 0 Å². The summed E-state index contributed by atoms with van der Waals surface area (Å²) in [6.07, 6.45) is 23.3. The van der Waals surface area contributed by atoms with Gasteiger partial charge in [-0.15, -0.1) is 0 Å². The van der Waals surface area contributed by atoms with Crippen molar-refractivity contribution in [2.75, 3.05) is 0 Å². The molecule has 0 aliphatic carbocycles. The van der Waals surface area contributed by atoms with Crippen LogP contribution in [0.25, 0.3) is 0 Å². The van der Waals surface area contributed by atoms with Crippen molar-refractivity contribution < 1.29 is 0 Å². The first-order chi connectivity index (χ1) is 12.8. The maximum atomic E-state index is 2.43. The van der Waals surface area contributed by atoms with Crippen molar-refractivity contribution in [2.24, 2.45) is 0 Å². The number of hydrogen-bond donors (Lipinski definition) is 0. The second-order valence-corrected chi connectivity index (χ2v) is 8.19. The number of unbranched alkanes of at least 4 members (excludes halogenated alkanes) is 11. The van der Waals surface area contributed by atoms with E-state index < -0.39 is 0 Å². The Kier molecular flexibility index (Phi) is 14.7. The third-order valence-corrected chi connectivity index (χ3v) is 5.75. The lowest BCUT2D eigenvalue weighted by Crippen LogP contribution is -2.02. The molecule has 1 rings (SSSR count). The zero-order valence-electron chi connectivity index (χ0n) is 18.3. The summed E-state index contributed by atoms with van der Waals surface area (Å²) in [5, 5.41) is 0. The Labute approximate surface area is 165 Å². The van der Waals surface area contributed by atoms with E-state index in [-0.39, 0.29) is 0 Å². The van der Waals surface area contributed by atoms with Crippen LogP contribution in [0, 0.1) is 0 Å². The fraction of sp³-hybridized carbons (Fsp3) is 0.769. The number of aryl methyl sites for hydroxylation is 2. The van der Waals surface area contributed by atoms with E-state index in [0.29, 0.717) is 0 Å². The van der Waals surface area contributed by atoms with Gasteiger partial charge in [0.25, 0.3) is 0 Å². The molecule has 26 heavy (non-hydrogen) atoms. The van der Waals surface area contributed by atoms with Crippen molar-refractivity contribution in [3.8, 4) is 0 Å². The van der Waals surface area contributed by atoms with Crippen molar-refractivity contribution >= 4 is 0 Å². The zero-order valence-corrected chi connectivity index (χ0v) is 18.3. The van der Waals surface area contributed by atoms with Gasteiger partial charge in [-0.2, -0.15) is 0 Å². The molecule has 0 heteroatoms. The summed E-state index contributed by atoms with van der Waals surface area (Å²) in [6, 6.07) is 7.18. The summed E-state index contributed by atoms with van der Waals surface area (Å²) >= 11 is 0. The van der Waals surface area contributed by atoms with Gasteiger partial charge in [0.1, 0.15) is 0 Å². The van der Waals surface area contributed by atoms with Crippen LogP contribution in [0.3, 0.4) is 0 Å². The second-order valence-electron chi connectivity index (χ2n) is 8.19. The summed E-state index contributed by atoms with van der Waals surface area (Å²) in [6.45, 7) is 6.92. The molecule has 150 valence electrons. The van der Waals surface area contributed by atoms with Crippen LogP contribution in [-0.4, -0.2) is 0 Å². The van der Waals surface area contributed by atoms with Crippen LogP contribution in [-0.2, 0) is 19.3 Å². The molecule has 0 spiro atoms. The molecule has 1 aromatic carbocycles. The summed E-state index contributed by atoms with van der Waals surface area (Å²) in [5.74, 6) is 0. The number of rotatable bonds is 17. The van der Waals surface area contributed by atoms with Crippen LogP contribution < -0.4 is 0 Å². The first-order valence-electron chi connectivity index (χ1n) is 11.9. The standard InChI is InChI=1S/C26H46/c1-4-7-10-13-16-20-25-22-18-21-24(19-15-12-9-6-3)26(25)23-17-14-11-8-5-2/h18,21-22H,4-17,19-20,23H2,1-3H3. The van der Waals surface area contributed by atoms with Gasteiger partial charge < -0.3 is 0 Å². The lowest BCUT2D eigenvalue weighted by Gasteiger charge is -2.15. The van der Waals surface area contributed by atoms with E-state index in [9.17, 15) is 0 Å².